The van der Waals surface area contributed by atoms with Gasteiger partial charge in [-0.2, -0.15) is 0 Å². The Bertz CT molecular complexity index is 207. The smallest absolute Gasteiger partial charge is 0.0330 e. The van der Waals surface area contributed by atoms with Crippen molar-refractivity contribution in [1.82, 2.24) is 9.80 Å². The molecular formula is C12H28ClN3. The van der Waals surface area contributed by atoms with Crippen molar-refractivity contribution >= 4 is 12.4 Å². The van der Waals surface area contributed by atoms with Crippen molar-refractivity contribution in [2.24, 2.45) is 5.73 Å². The van der Waals surface area contributed by atoms with Crippen LogP contribution in [0, 0.1) is 0 Å². The van der Waals surface area contributed by atoms with Crippen LogP contribution < -0.4 is 5.73 Å². The summed E-state index contributed by atoms with van der Waals surface area (Å²) in [5.74, 6) is 0. The van der Waals surface area contributed by atoms with Crippen LogP contribution in [0.5, 0.6) is 0 Å². The quantitative estimate of drug-likeness (QED) is 0.803. The molecule has 1 aliphatic carbocycles. The van der Waals surface area contributed by atoms with Gasteiger partial charge in [0.25, 0.3) is 0 Å². The van der Waals surface area contributed by atoms with E-state index in [1.807, 2.05) is 0 Å². The Morgan fingerprint density at radius 1 is 1.19 bits per heavy atom. The highest BCUT2D eigenvalue weighted by Crippen LogP contribution is 2.36. The Hall–Kier alpha value is 0.170. The van der Waals surface area contributed by atoms with Crippen LogP contribution in [-0.2, 0) is 0 Å². The second-order valence-electron chi connectivity index (χ2n) is 6.13. The third kappa shape index (κ3) is 4.21. The predicted octanol–water partition coefficient (Wildman–Crippen LogP) is 1.56. The first-order valence-electron chi connectivity index (χ1n) is 5.90. The fourth-order valence-corrected chi connectivity index (χ4v) is 2.59. The molecule has 0 aromatic carbocycles. The van der Waals surface area contributed by atoms with Crippen LogP contribution in [0.2, 0.25) is 0 Å². The first kappa shape index (κ1) is 16.2. The molecule has 0 spiro atoms. The Morgan fingerprint density at radius 3 is 1.94 bits per heavy atom. The minimum Gasteiger partial charge on any atom is -0.324 e. The molecule has 1 rings (SSSR count). The summed E-state index contributed by atoms with van der Waals surface area (Å²) < 4.78 is 0. The molecule has 0 aliphatic heterocycles. The highest BCUT2D eigenvalue weighted by Gasteiger charge is 2.40. The molecular weight excluding hydrogens is 222 g/mol. The van der Waals surface area contributed by atoms with E-state index in [4.69, 9.17) is 5.73 Å². The zero-order chi connectivity index (χ0) is 11.7. The maximum Gasteiger partial charge on any atom is 0.0330 e. The van der Waals surface area contributed by atoms with Gasteiger partial charge in [-0.15, -0.1) is 12.4 Å². The summed E-state index contributed by atoms with van der Waals surface area (Å²) in [5, 5.41) is 0. The van der Waals surface area contributed by atoms with Crippen LogP contribution in [0.4, 0.5) is 0 Å². The first-order chi connectivity index (χ1) is 6.75. The van der Waals surface area contributed by atoms with E-state index in [0.29, 0.717) is 5.54 Å². The van der Waals surface area contributed by atoms with Crippen molar-refractivity contribution in [3.05, 3.63) is 0 Å². The minimum absolute atomic E-state index is 0. The SMILES string of the molecule is CN(CC(C)(C)N)CC1(N(C)C)CCC1.Cl. The summed E-state index contributed by atoms with van der Waals surface area (Å²) in [6, 6.07) is 0. The van der Waals surface area contributed by atoms with Crippen molar-refractivity contribution in [2.45, 2.75) is 44.2 Å². The highest BCUT2D eigenvalue weighted by molar-refractivity contribution is 5.85. The Kier molecular flexibility index (Phi) is 5.73. The minimum atomic E-state index is -0.0913. The number of nitrogens with zero attached hydrogens (tertiary/aromatic N) is 2. The predicted molar refractivity (Wildman–Crippen MR) is 73.3 cm³/mol. The number of rotatable bonds is 5. The van der Waals surface area contributed by atoms with Crippen molar-refractivity contribution in [1.29, 1.82) is 0 Å². The zero-order valence-corrected chi connectivity index (χ0v) is 12.2. The molecule has 0 atom stereocenters. The fourth-order valence-electron chi connectivity index (χ4n) is 2.59. The van der Waals surface area contributed by atoms with Crippen molar-refractivity contribution < 1.29 is 0 Å². The van der Waals surface area contributed by atoms with E-state index >= 15 is 0 Å². The molecule has 3 nitrogen and oxygen atoms in total. The van der Waals surface area contributed by atoms with Crippen molar-refractivity contribution in [3.63, 3.8) is 0 Å². The summed E-state index contributed by atoms with van der Waals surface area (Å²) in [5.41, 5.74) is 6.36. The monoisotopic (exact) mass is 249 g/mol. The summed E-state index contributed by atoms with van der Waals surface area (Å²) in [4.78, 5) is 4.76. The normalized spacial score (nSPS) is 19.5. The molecule has 4 heteroatoms. The molecule has 0 radical (unpaired) electrons. The lowest BCUT2D eigenvalue weighted by atomic mass is 9.75. The second kappa shape index (κ2) is 5.67. The Morgan fingerprint density at radius 2 is 1.69 bits per heavy atom. The van der Waals surface area contributed by atoms with Gasteiger partial charge in [-0.05, 0) is 54.3 Å². The van der Waals surface area contributed by atoms with Gasteiger partial charge >= 0.3 is 0 Å². The number of nitrogens with two attached hydrogens (primary N) is 1. The van der Waals surface area contributed by atoms with E-state index in [1.165, 1.54) is 19.3 Å². The molecule has 16 heavy (non-hydrogen) atoms. The third-order valence-corrected chi connectivity index (χ3v) is 3.47. The summed E-state index contributed by atoms with van der Waals surface area (Å²) in [6.45, 7) is 6.28. The summed E-state index contributed by atoms with van der Waals surface area (Å²) in [6.07, 6.45) is 4.03. The topological polar surface area (TPSA) is 32.5 Å². The van der Waals surface area contributed by atoms with Crippen LogP contribution >= 0.6 is 12.4 Å². The standard InChI is InChI=1S/C12H27N3.ClH/c1-11(2,13)9-15(5)10-12(14(3)4)7-6-8-12;/h6-10,13H2,1-5H3;1H. The molecule has 0 saturated heterocycles. The van der Waals surface area contributed by atoms with Gasteiger partial charge in [-0.1, -0.05) is 0 Å². The molecule has 1 fully saturated rings. The molecule has 0 aromatic rings. The van der Waals surface area contributed by atoms with Crippen molar-refractivity contribution in [2.75, 3.05) is 34.2 Å². The van der Waals surface area contributed by atoms with Crippen molar-refractivity contribution in [3.8, 4) is 0 Å². The number of hydrogen-bond donors (Lipinski definition) is 1. The lowest BCUT2D eigenvalue weighted by Gasteiger charge is -2.49. The summed E-state index contributed by atoms with van der Waals surface area (Å²) >= 11 is 0. The maximum absolute atomic E-state index is 6.04. The van der Waals surface area contributed by atoms with Gasteiger partial charge in [0.1, 0.15) is 0 Å². The van der Waals surface area contributed by atoms with E-state index in [-0.39, 0.29) is 17.9 Å². The Balaban J connectivity index is 0.00000225. The molecule has 0 amide bonds. The average Bonchev–Trinajstić information content (AvgIpc) is 1.92. The second-order valence-corrected chi connectivity index (χ2v) is 6.13. The fraction of sp³-hybridized carbons (Fsp3) is 1.00. The maximum atomic E-state index is 6.04. The van der Waals surface area contributed by atoms with E-state index < -0.39 is 0 Å². The van der Waals surface area contributed by atoms with Gasteiger partial charge in [0.05, 0.1) is 0 Å². The summed E-state index contributed by atoms with van der Waals surface area (Å²) in [7, 11) is 6.57. The molecule has 1 aliphatic rings. The van der Waals surface area contributed by atoms with E-state index in [9.17, 15) is 0 Å². The lowest BCUT2D eigenvalue weighted by molar-refractivity contribution is 0.0239. The van der Waals surface area contributed by atoms with Crippen LogP contribution in [0.3, 0.4) is 0 Å². The largest absolute Gasteiger partial charge is 0.324 e. The number of likely N-dealkylation sites (N-methyl/N-ethyl adjacent to an activating group) is 2. The third-order valence-electron chi connectivity index (χ3n) is 3.47. The van der Waals surface area contributed by atoms with E-state index in [2.05, 4.69) is 44.8 Å². The first-order valence-corrected chi connectivity index (χ1v) is 5.90. The van der Waals surface area contributed by atoms with Gasteiger partial charge in [0, 0.05) is 24.2 Å². The van der Waals surface area contributed by atoms with Crippen LogP contribution in [0.25, 0.3) is 0 Å². The van der Waals surface area contributed by atoms with Gasteiger partial charge in [0.2, 0.25) is 0 Å². The van der Waals surface area contributed by atoms with Gasteiger partial charge in [0.15, 0.2) is 0 Å². The average molecular weight is 250 g/mol. The van der Waals surface area contributed by atoms with Crippen LogP contribution in [0.1, 0.15) is 33.1 Å². The zero-order valence-electron chi connectivity index (χ0n) is 11.4. The molecule has 0 aromatic heterocycles. The molecule has 1 saturated carbocycles. The van der Waals surface area contributed by atoms with E-state index in [0.717, 1.165) is 13.1 Å². The van der Waals surface area contributed by atoms with Crippen LogP contribution in [-0.4, -0.2) is 55.1 Å². The molecule has 98 valence electrons. The number of halogens is 1. The molecule has 2 N–H and O–H groups in total. The van der Waals surface area contributed by atoms with Gasteiger partial charge in [-0.25, -0.2) is 0 Å². The molecule has 0 bridgehead atoms. The highest BCUT2D eigenvalue weighted by atomic mass is 35.5. The van der Waals surface area contributed by atoms with Gasteiger partial charge < -0.3 is 15.5 Å². The molecule has 0 unspecified atom stereocenters. The van der Waals surface area contributed by atoms with Crippen LogP contribution in [0.15, 0.2) is 0 Å². The number of hydrogen-bond acceptors (Lipinski definition) is 3. The van der Waals surface area contributed by atoms with Gasteiger partial charge in [-0.3, -0.25) is 0 Å². The Labute approximate surface area is 107 Å². The van der Waals surface area contributed by atoms with E-state index in [1.54, 1.807) is 0 Å². The lowest BCUT2D eigenvalue weighted by Crippen LogP contribution is -2.58. The molecule has 0 heterocycles.